The number of hydrogen-bond donors (Lipinski definition) is 1. The van der Waals surface area contributed by atoms with Gasteiger partial charge in [0.15, 0.2) is 0 Å². The van der Waals surface area contributed by atoms with E-state index in [1.165, 1.54) is 0 Å². The highest BCUT2D eigenvalue weighted by Gasteiger charge is 2.15. The Hall–Kier alpha value is -1.55. The molecule has 2 aromatic heterocycles. The van der Waals surface area contributed by atoms with E-state index in [9.17, 15) is 4.79 Å². The van der Waals surface area contributed by atoms with Gasteiger partial charge in [0.25, 0.3) is 5.56 Å². The highest BCUT2D eigenvalue weighted by molar-refractivity contribution is 5.39. The highest BCUT2D eigenvalue weighted by atomic mass is 16.5. The van der Waals surface area contributed by atoms with Gasteiger partial charge in [-0.1, -0.05) is 6.07 Å². The number of aromatic amines is 1. The van der Waals surface area contributed by atoms with Gasteiger partial charge in [0, 0.05) is 31.2 Å². The van der Waals surface area contributed by atoms with E-state index in [0.717, 1.165) is 43.8 Å². The Morgan fingerprint density at radius 3 is 2.94 bits per heavy atom. The van der Waals surface area contributed by atoms with Crippen LogP contribution >= 0.6 is 0 Å². The molecule has 3 heterocycles. The molecule has 1 saturated heterocycles. The maximum absolute atomic E-state index is 11.6. The number of ether oxygens (including phenoxy) is 1. The van der Waals surface area contributed by atoms with Crippen molar-refractivity contribution in [2.45, 2.75) is 19.3 Å². The summed E-state index contributed by atoms with van der Waals surface area (Å²) in [6.45, 7) is 1.73. The van der Waals surface area contributed by atoms with Gasteiger partial charge in [-0.3, -0.25) is 9.20 Å². The normalized spacial score (nSPS) is 17.6. The van der Waals surface area contributed by atoms with Gasteiger partial charge in [-0.15, -0.1) is 0 Å². The van der Waals surface area contributed by atoms with Crippen molar-refractivity contribution in [1.82, 2.24) is 9.38 Å². The van der Waals surface area contributed by atoms with Crippen LogP contribution in [0.25, 0.3) is 5.65 Å². The monoisotopic (exact) mass is 232 g/mol. The van der Waals surface area contributed by atoms with Gasteiger partial charge in [-0.2, -0.15) is 0 Å². The zero-order valence-corrected chi connectivity index (χ0v) is 9.69. The Balaban J connectivity index is 1.85. The predicted octanol–water partition coefficient (Wildman–Crippen LogP) is 1.60. The van der Waals surface area contributed by atoms with E-state index in [0.29, 0.717) is 5.92 Å². The summed E-state index contributed by atoms with van der Waals surface area (Å²) in [6, 6.07) is 5.29. The molecular formula is C13H16N2O2. The van der Waals surface area contributed by atoms with E-state index in [1.54, 1.807) is 16.5 Å². The smallest absolute Gasteiger partial charge is 0.256 e. The largest absolute Gasteiger partial charge is 0.381 e. The zero-order valence-electron chi connectivity index (χ0n) is 9.69. The number of nitrogens with zero attached hydrogens (tertiary/aromatic N) is 1. The second kappa shape index (κ2) is 4.37. The summed E-state index contributed by atoms with van der Waals surface area (Å²) in [5.74, 6) is 0.674. The number of imidazole rings is 1. The maximum atomic E-state index is 11.6. The van der Waals surface area contributed by atoms with Crippen molar-refractivity contribution >= 4 is 5.65 Å². The summed E-state index contributed by atoms with van der Waals surface area (Å²) in [5.41, 5.74) is 2.04. The van der Waals surface area contributed by atoms with Crippen molar-refractivity contribution in [3.8, 4) is 0 Å². The van der Waals surface area contributed by atoms with Crippen molar-refractivity contribution in [3.63, 3.8) is 0 Å². The molecule has 0 aromatic carbocycles. The van der Waals surface area contributed by atoms with Crippen LogP contribution in [0, 0.1) is 5.92 Å². The molecule has 0 bridgehead atoms. The zero-order chi connectivity index (χ0) is 11.7. The van der Waals surface area contributed by atoms with Crippen LogP contribution in [0.15, 0.2) is 29.2 Å². The van der Waals surface area contributed by atoms with E-state index in [1.807, 2.05) is 12.3 Å². The molecule has 1 aliphatic heterocycles. The summed E-state index contributed by atoms with van der Waals surface area (Å²) in [6.07, 6.45) is 5.16. The molecule has 0 saturated carbocycles. The fraction of sp³-hybridized carbons (Fsp3) is 0.462. The van der Waals surface area contributed by atoms with Crippen molar-refractivity contribution < 1.29 is 4.74 Å². The summed E-state index contributed by atoms with van der Waals surface area (Å²) in [7, 11) is 0. The van der Waals surface area contributed by atoms with Crippen molar-refractivity contribution in [3.05, 3.63) is 40.4 Å². The third kappa shape index (κ3) is 2.13. The van der Waals surface area contributed by atoms with Gasteiger partial charge < -0.3 is 9.72 Å². The van der Waals surface area contributed by atoms with E-state index in [2.05, 4.69) is 4.98 Å². The lowest BCUT2D eigenvalue weighted by molar-refractivity contribution is 0.0663. The molecule has 17 heavy (non-hydrogen) atoms. The molecular weight excluding hydrogens is 216 g/mol. The Morgan fingerprint density at radius 1 is 1.35 bits per heavy atom. The number of hydrogen-bond acceptors (Lipinski definition) is 2. The molecule has 1 fully saturated rings. The Kier molecular flexibility index (Phi) is 2.73. The van der Waals surface area contributed by atoms with Crippen molar-refractivity contribution in [2.24, 2.45) is 5.92 Å². The third-order valence-electron chi connectivity index (χ3n) is 3.41. The lowest BCUT2D eigenvalue weighted by Crippen LogP contribution is -2.17. The van der Waals surface area contributed by atoms with Crippen LogP contribution in [-0.4, -0.2) is 22.6 Å². The highest BCUT2D eigenvalue weighted by Crippen LogP contribution is 2.19. The average molecular weight is 232 g/mol. The SMILES string of the molecule is O=c1cccc2[nH]c(CC3CCOCC3)cn12. The van der Waals surface area contributed by atoms with Crippen LogP contribution in [0.1, 0.15) is 18.5 Å². The van der Waals surface area contributed by atoms with Gasteiger partial charge in [0.1, 0.15) is 5.65 Å². The first-order chi connectivity index (χ1) is 8.33. The van der Waals surface area contributed by atoms with Crippen molar-refractivity contribution in [1.29, 1.82) is 0 Å². The van der Waals surface area contributed by atoms with E-state index in [-0.39, 0.29) is 5.56 Å². The Labute approximate surface area is 99.2 Å². The van der Waals surface area contributed by atoms with Crippen LogP contribution in [-0.2, 0) is 11.2 Å². The molecule has 1 N–H and O–H groups in total. The number of nitrogens with one attached hydrogen (secondary N) is 1. The minimum atomic E-state index is 0.0250. The summed E-state index contributed by atoms with van der Waals surface area (Å²) >= 11 is 0. The van der Waals surface area contributed by atoms with E-state index < -0.39 is 0 Å². The Morgan fingerprint density at radius 2 is 2.18 bits per heavy atom. The van der Waals surface area contributed by atoms with Gasteiger partial charge in [-0.25, -0.2) is 0 Å². The molecule has 0 atom stereocenters. The van der Waals surface area contributed by atoms with E-state index in [4.69, 9.17) is 4.74 Å². The topological polar surface area (TPSA) is 46.5 Å². The first-order valence-electron chi connectivity index (χ1n) is 6.10. The first kappa shape index (κ1) is 10.6. The van der Waals surface area contributed by atoms with Crippen LogP contribution in [0.2, 0.25) is 0 Å². The van der Waals surface area contributed by atoms with Crippen LogP contribution in [0.3, 0.4) is 0 Å². The number of fused-ring (bicyclic) bond motifs is 1. The van der Waals surface area contributed by atoms with Gasteiger partial charge in [0.2, 0.25) is 0 Å². The fourth-order valence-corrected chi connectivity index (χ4v) is 2.45. The third-order valence-corrected chi connectivity index (χ3v) is 3.41. The van der Waals surface area contributed by atoms with Gasteiger partial charge >= 0.3 is 0 Å². The maximum Gasteiger partial charge on any atom is 0.256 e. The summed E-state index contributed by atoms with van der Waals surface area (Å²) in [4.78, 5) is 14.9. The second-order valence-corrected chi connectivity index (χ2v) is 4.66. The lowest BCUT2D eigenvalue weighted by Gasteiger charge is -2.21. The molecule has 90 valence electrons. The molecule has 0 unspecified atom stereocenters. The lowest BCUT2D eigenvalue weighted by atomic mass is 9.95. The first-order valence-corrected chi connectivity index (χ1v) is 6.10. The van der Waals surface area contributed by atoms with E-state index >= 15 is 0 Å². The standard InChI is InChI=1S/C13H16N2O2/c16-13-3-1-2-12-14-11(9-15(12)13)8-10-4-6-17-7-5-10/h1-3,9-10,14H,4-8H2. The number of H-pyrrole nitrogens is 1. The molecule has 1 aliphatic rings. The van der Waals surface area contributed by atoms with Crippen molar-refractivity contribution in [2.75, 3.05) is 13.2 Å². The quantitative estimate of drug-likeness (QED) is 0.854. The van der Waals surface area contributed by atoms with Crippen LogP contribution in [0.5, 0.6) is 0 Å². The van der Waals surface area contributed by atoms with Gasteiger partial charge in [0.05, 0.1) is 0 Å². The summed E-state index contributed by atoms with van der Waals surface area (Å²) < 4.78 is 7.03. The fourth-order valence-electron chi connectivity index (χ4n) is 2.45. The minimum Gasteiger partial charge on any atom is -0.381 e. The molecule has 2 aromatic rings. The molecule has 4 nitrogen and oxygen atoms in total. The number of pyridine rings is 1. The van der Waals surface area contributed by atoms with Crippen LogP contribution in [0.4, 0.5) is 0 Å². The molecule has 4 heteroatoms. The molecule has 0 amide bonds. The summed E-state index contributed by atoms with van der Waals surface area (Å²) in [5, 5.41) is 0. The average Bonchev–Trinajstić information content (AvgIpc) is 2.74. The minimum absolute atomic E-state index is 0.0250. The Bertz CT molecular complexity index is 564. The predicted molar refractivity (Wildman–Crippen MR) is 65.3 cm³/mol. The number of rotatable bonds is 2. The molecule has 3 rings (SSSR count). The van der Waals surface area contributed by atoms with Gasteiger partial charge in [-0.05, 0) is 31.2 Å². The second-order valence-electron chi connectivity index (χ2n) is 4.66. The number of aromatic nitrogens is 2. The molecule has 0 spiro atoms. The molecule has 0 radical (unpaired) electrons. The van der Waals surface area contributed by atoms with Crippen LogP contribution < -0.4 is 5.56 Å². The molecule has 0 aliphatic carbocycles.